The van der Waals surface area contributed by atoms with E-state index in [1.807, 2.05) is 24.4 Å². The smallest absolute Gasteiger partial charge is 0.123 e. The molecule has 0 aliphatic heterocycles. The molecular weight excluding hydrogens is 303 g/mol. The maximum atomic E-state index is 13.4. The first-order valence-electron chi connectivity index (χ1n) is 5.07. The minimum atomic E-state index is -0.240. The topological polar surface area (TPSA) is 38.0 Å². The summed E-state index contributed by atoms with van der Waals surface area (Å²) in [6, 6.07) is 6.74. The normalized spacial score (nSPS) is 12.7. The van der Waals surface area contributed by atoms with Gasteiger partial charge in [0.2, 0.25) is 0 Å². The fourth-order valence-electron chi connectivity index (χ4n) is 1.75. The van der Waals surface area contributed by atoms with Crippen LogP contribution in [0.25, 0.3) is 0 Å². The number of hydrogen-bond acceptors (Lipinski definition) is 3. The molecule has 0 aliphatic carbocycles. The Morgan fingerprint density at radius 1 is 1.35 bits per heavy atom. The molecule has 1 aromatic heterocycles. The van der Waals surface area contributed by atoms with Gasteiger partial charge in [-0.3, -0.25) is 5.84 Å². The number of rotatable bonds is 3. The van der Waals surface area contributed by atoms with Crippen molar-refractivity contribution in [2.45, 2.75) is 13.0 Å². The lowest BCUT2D eigenvalue weighted by molar-refractivity contribution is 0.607. The Morgan fingerprint density at radius 2 is 2.12 bits per heavy atom. The third-order valence-electron chi connectivity index (χ3n) is 2.44. The van der Waals surface area contributed by atoms with Gasteiger partial charge in [0.05, 0.1) is 6.04 Å². The lowest BCUT2D eigenvalue weighted by Gasteiger charge is -2.15. The van der Waals surface area contributed by atoms with Crippen LogP contribution in [0.3, 0.4) is 0 Å². The summed E-state index contributed by atoms with van der Waals surface area (Å²) in [5.74, 6) is 5.33. The summed E-state index contributed by atoms with van der Waals surface area (Å²) < 4.78 is 14.4. The van der Waals surface area contributed by atoms with E-state index in [-0.39, 0.29) is 11.9 Å². The van der Waals surface area contributed by atoms with Crippen LogP contribution in [0.5, 0.6) is 0 Å². The summed E-state index contributed by atoms with van der Waals surface area (Å²) in [7, 11) is 0. The van der Waals surface area contributed by atoms with Crippen molar-refractivity contribution in [2.24, 2.45) is 5.84 Å². The maximum Gasteiger partial charge on any atom is 0.123 e. The minimum absolute atomic E-state index is 0.180. The van der Waals surface area contributed by atoms with Crippen molar-refractivity contribution in [2.75, 3.05) is 0 Å². The van der Waals surface area contributed by atoms with Crippen LogP contribution in [-0.2, 0) is 0 Å². The second-order valence-corrected chi connectivity index (χ2v) is 5.69. The van der Waals surface area contributed by atoms with Gasteiger partial charge in [0, 0.05) is 14.7 Å². The average molecular weight is 315 g/mol. The fraction of sp³-hybridized carbons (Fsp3) is 0.167. The molecule has 0 radical (unpaired) electrons. The van der Waals surface area contributed by atoms with Gasteiger partial charge in [0.1, 0.15) is 5.82 Å². The molecule has 0 amide bonds. The van der Waals surface area contributed by atoms with Crippen LogP contribution in [0.4, 0.5) is 4.39 Å². The third-order valence-corrected chi connectivity index (χ3v) is 4.20. The van der Waals surface area contributed by atoms with Crippen LogP contribution in [0.15, 0.2) is 34.1 Å². The molecule has 0 saturated heterocycles. The van der Waals surface area contributed by atoms with E-state index in [9.17, 15) is 4.39 Å². The Hall–Kier alpha value is -0.750. The summed E-state index contributed by atoms with van der Waals surface area (Å²) in [6.07, 6.45) is 0. The van der Waals surface area contributed by atoms with Crippen molar-refractivity contribution in [1.82, 2.24) is 5.43 Å². The molecule has 0 spiro atoms. The second-order valence-electron chi connectivity index (χ2n) is 3.83. The largest absolute Gasteiger partial charge is 0.271 e. The van der Waals surface area contributed by atoms with Crippen molar-refractivity contribution in [3.05, 3.63) is 55.9 Å². The number of nitrogens with one attached hydrogen (secondary N) is 1. The first kappa shape index (κ1) is 12.7. The first-order chi connectivity index (χ1) is 8.10. The van der Waals surface area contributed by atoms with E-state index in [2.05, 4.69) is 21.4 Å². The number of halogens is 2. The highest BCUT2D eigenvalue weighted by Gasteiger charge is 2.15. The maximum absolute atomic E-state index is 13.4. The van der Waals surface area contributed by atoms with E-state index in [0.29, 0.717) is 0 Å². The predicted molar refractivity (Wildman–Crippen MR) is 72.3 cm³/mol. The fourth-order valence-corrected chi connectivity index (χ4v) is 3.28. The molecule has 0 fully saturated rings. The van der Waals surface area contributed by atoms with Gasteiger partial charge in [0.25, 0.3) is 0 Å². The SMILES string of the molecule is Cc1cc(F)cc(C(NN)c2cc(Br)cs2)c1. The van der Waals surface area contributed by atoms with E-state index in [4.69, 9.17) is 5.84 Å². The molecule has 1 atom stereocenters. The van der Waals surface area contributed by atoms with Gasteiger partial charge in [-0.15, -0.1) is 11.3 Å². The van der Waals surface area contributed by atoms with Crippen molar-refractivity contribution >= 4 is 27.3 Å². The molecule has 1 heterocycles. The number of hydrogen-bond donors (Lipinski definition) is 2. The molecule has 3 N–H and O–H groups in total. The van der Waals surface area contributed by atoms with Crippen LogP contribution in [0.2, 0.25) is 0 Å². The molecule has 2 nitrogen and oxygen atoms in total. The van der Waals surface area contributed by atoms with E-state index < -0.39 is 0 Å². The van der Waals surface area contributed by atoms with Crippen molar-refractivity contribution in [3.63, 3.8) is 0 Å². The van der Waals surface area contributed by atoms with Crippen LogP contribution in [-0.4, -0.2) is 0 Å². The summed E-state index contributed by atoms with van der Waals surface area (Å²) in [5.41, 5.74) is 4.44. The van der Waals surface area contributed by atoms with Gasteiger partial charge in [-0.25, -0.2) is 9.82 Å². The van der Waals surface area contributed by atoms with Crippen molar-refractivity contribution in [1.29, 1.82) is 0 Å². The van der Waals surface area contributed by atoms with Crippen LogP contribution < -0.4 is 11.3 Å². The third kappa shape index (κ3) is 2.93. The highest BCUT2D eigenvalue weighted by molar-refractivity contribution is 9.10. The molecular formula is C12H12BrFN2S. The second kappa shape index (κ2) is 5.27. The minimum Gasteiger partial charge on any atom is -0.271 e. The Bertz CT molecular complexity index is 507. The molecule has 0 saturated carbocycles. The number of benzene rings is 1. The molecule has 2 rings (SSSR count). The summed E-state index contributed by atoms with van der Waals surface area (Å²) in [5, 5.41) is 1.98. The van der Waals surface area contributed by atoms with Gasteiger partial charge in [-0.2, -0.15) is 0 Å². The molecule has 0 bridgehead atoms. The van der Waals surface area contributed by atoms with E-state index >= 15 is 0 Å². The van der Waals surface area contributed by atoms with Crippen LogP contribution in [0.1, 0.15) is 22.0 Å². The van der Waals surface area contributed by atoms with E-state index in [1.165, 1.54) is 12.1 Å². The lowest BCUT2D eigenvalue weighted by atomic mass is 10.0. The Balaban J connectivity index is 2.41. The van der Waals surface area contributed by atoms with E-state index in [1.54, 1.807) is 11.3 Å². The summed E-state index contributed by atoms with van der Waals surface area (Å²) in [4.78, 5) is 1.05. The Morgan fingerprint density at radius 3 is 2.65 bits per heavy atom. The van der Waals surface area contributed by atoms with E-state index in [0.717, 1.165) is 20.5 Å². The molecule has 2 aromatic rings. The zero-order valence-electron chi connectivity index (χ0n) is 9.21. The number of thiophene rings is 1. The van der Waals surface area contributed by atoms with Gasteiger partial charge < -0.3 is 0 Å². The average Bonchev–Trinajstić information content (AvgIpc) is 2.64. The Kier molecular flexibility index (Phi) is 3.93. The summed E-state index contributed by atoms with van der Waals surface area (Å²) >= 11 is 4.98. The number of hydrazine groups is 1. The highest BCUT2D eigenvalue weighted by atomic mass is 79.9. The molecule has 0 aliphatic rings. The monoisotopic (exact) mass is 314 g/mol. The zero-order chi connectivity index (χ0) is 12.4. The van der Waals surface area contributed by atoms with Crippen molar-refractivity contribution in [3.8, 4) is 0 Å². The Labute approximate surface area is 112 Å². The molecule has 17 heavy (non-hydrogen) atoms. The quantitative estimate of drug-likeness (QED) is 0.672. The number of nitrogens with two attached hydrogens (primary N) is 1. The van der Waals surface area contributed by atoms with Crippen molar-refractivity contribution < 1.29 is 4.39 Å². The highest BCUT2D eigenvalue weighted by Crippen LogP contribution is 2.30. The number of aryl methyl sites for hydroxylation is 1. The lowest BCUT2D eigenvalue weighted by Crippen LogP contribution is -2.28. The standard InChI is InChI=1S/C12H12BrFN2S/c1-7-2-8(4-10(14)3-7)12(16-15)11-5-9(13)6-17-11/h2-6,12,16H,15H2,1H3. The first-order valence-corrected chi connectivity index (χ1v) is 6.74. The van der Waals surface area contributed by atoms with Gasteiger partial charge >= 0.3 is 0 Å². The molecule has 5 heteroatoms. The molecule has 1 unspecified atom stereocenters. The zero-order valence-corrected chi connectivity index (χ0v) is 11.6. The predicted octanol–water partition coefficient (Wildman–Crippen LogP) is 3.51. The van der Waals surface area contributed by atoms with Gasteiger partial charge in [-0.1, -0.05) is 6.07 Å². The molecule has 1 aromatic carbocycles. The summed E-state index contributed by atoms with van der Waals surface area (Å²) in [6.45, 7) is 1.87. The van der Waals surface area contributed by atoms with Gasteiger partial charge in [0.15, 0.2) is 0 Å². The molecule has 90 valence electrons. The van der Waals surface area contributed by atoms with Crippen LogP contribution in [0, 0.1) is 12.7 Å². The van der Waals surface area contributed by atoms with Crippen LogP contribution >= 0.6 is 27.3 Å². The van der Waals surface area contributed by atoms with Gasteiger partial charge in [-0.05, 0) is 52.2 Å².